The molecule has 112 valence electrons. The zero-order valence-corrected chi connectivity index (χ0v) is 13.3. The van der Waals surface area contributed by atoms with E-state index in [2.05, 4.69) is 30.8 Å². The molecule has 0 heterocycles. The second-order valence-electron chi connectivity index (χ2n) is 5.79. The molecule has 0 aromatic carbocycles. The molecule has 0 radical (unpaired) electrons. The molecule has 0 N–H and O–H groups in total. The van der Waals surface area contributed by atoms with Crippen LogP contribution in [0.5, 0.6) is 0 Å². The summed E-state index contributed by atoms with van der Waals surface area (Å²) in [5.41, 5.74) is 8.84. The maximum absolute atomic E-state index is 8.93. The van der Waals surface area contributed by atoms with Gasteiger partial charge in [-0.15, -0.1) is 0 Å². The topological polar surface area (TPSA) is 48.8 Å². The van der Waals surface area contributed by atoms with Crippen LogP contribution in [0.4, 0.5) is 0 Å². The Bertz CT molecular complexity index is 218. The Balaban J connectivity index is 4.52. The molecule has 0 aromatic heterocycles. The molecular weight excluding hydrogens is 234 g/mol. The Morgan fingerprint density at radius 3 is 1.37 bits per heavy atom. The van der Waals surface area contributed by atoms with E-state index in [4.69, 9.17) is 5.53 Å². The molecule has 0 saturated heterocycles. The van der Waals surface area contributed by atoms with Crippen molar-refractivity contribution in [2.75, 3.05) is 0 Å². The molecule has 0 rings (SSSR count). The highest BCUT2D eigenvalue weighted by molar-refractivity contribution is 4.88. The summed E-state index contributed by atoms with van der Waals surface area (Å²) in [6, 6.07) is 0. The lowest BCUT2D eigenvalue weighted by atomic mass is 9.83. The van der Waals surface area contributed by atoms with Crippen molar-refractivity contribution in [2.24, 2.45) is 5.11 Å². The number of unbranched alkanes of at least 4 members (excludes halogenated alkanes) is 6. The summed E-state index contributed by atoms with van der Waals surface area (Å²) in [7, 11) is 0. The van der Waals surface area contributed by atoms with Crippen molar-refractivity contribution in [2.45, 2.75) is 103 Å². The van der Waals surface area contributed by atoms with Crippen molar-refractivity contribution in [3.8, 4) is 0 Å². The van der Waals surface area contributed by atoms with Crippen molar-refractivity contribution in [1.29, 1.82) is 0 Å². The first-order chi connectivity index (χ1) is 9.24. The number of rotatable bonds is 13. The number of azide groups is 1. The number of nitrogens with zero attached hydrogens (tertiary/aromatic N) is 3. The van der Waals surface area contributed by atoms with Crippen LogP contribution in [0.25, 0.3) is 10.4 Å². The Labute approximate surface area is 119 Å². The lowest BCUT2D eigenvalue weighted by Crippen LogP contribution is -2.26. The molecule has 0 unspecified atom stereocenters. The highest BCUT2D eigenvalue weighted by Crippen LogP contribution is 2.32. The highest BCUT2D eigenvalue weighted by Gasteiger charge is 2.27. The van der Waals surface area contributed by atoms with Crippen LogP contribution in [0.15, 0.2) is 5.11 Å². The average molecular weight is 267 g/mol. The van der Waals surface area contributed by atoms with Crippen LogP contribution in [-0.2, 0) is 0 Å². The molecule has 3 heteroatoms. The summed E-state index contributed by atoms with van der Waals surface area (Å²) in [6.45, 7) is 6.68. The van der Waals surface area contributed by atoms with Crippen LogP contribution in [0.1, 0.15) is 97.8 Å². The van der Waals surface area contributed by atoms with Gasteiger partial charge in [0.2, 0.25) is 0 Å². The van der Waals surface area contributed by atoms with Crippen LogP contribution >= 0.6 is 0 Å². The van der Waals surface area contributed by atoms with E-state index in [9.17, 15) is 0 Å². The van der Waals surface area contributed by atoms with Crippen LogP contribution in [-0.4, -0.2) is 5.54 Å². The van der Waals surface area contributed by atoms with Gasteiger partial charge in [-0.2, -0.15) is 0 Å². The fourth-order valence-corrected chi connectivity index (χ4v) is 2.73. The van der Waals surface area contributed by atoms with E-state index in [0.717, 1.165) is 19.3 Å². The summed E-state index contributed by atoms with van der Waals surface area (Å²) in [5, 5.41) is 4.25. The lowest BCUT2D eigenvalue weighted by molar-refractivity contribution is 0.306. The lowest BCUT2D eigenvalue weighted by Gasteiger charge is -2.29. The molecule has 0 bridgehead atoms. The maximum atomic E-state index is 8.93. The van der Waals surface area contributed by atoms with Gasteiger partial charge in [0.05, 0.1) is 0 Å². The normalized spacial score (nSPS) is 11.3. The average Bonchev–Trinajstić information content (AvgIpc) is 2.40. The molecule has 3 nitrogen and oxygen atoms in total. The van der Waals surface area contributed by atoms with Crippen molar-refractivity contribution < 1.29 is 0 Å². The van der Waals surface area contributed by atoms with Gasteiger partial charge in [0.15, 0.2) is 0 Å². The van der Waals surface area contributed by atoms with Gasteiger partial charge in [0, 0.05) is 10.5 Å². The van der Waals surface area contributed by atoms with Crippen LogP contribution in [0.2, 0.25) is 0 Å². The van der Waals surface area contributed by atoms with Gasteiger partial charge in [0.1, 0.15) is 0 Å². The molecule has 0 aliphatic rings. The smallest absolute Gasteiger partial charge is 0.0488 e. The second-order valence-corrected chi connectivity index (χ2v) is 5.79. The Hall–Kier alpha value is -0.690. The van der Waals surface area contributed by atoms with E-state index < -0.39 is 0 Å². The summed E-state index contributed by atoms with van der Waals surface area (Å²) in [6.07, 6.45) is 14.3. The van der Waals surface area contributed by atoms with Crippen molar-refractivity contribution in [3.63, 3.8) is 0 Å². The van der Waals surface area contributed by atoms with Crippen molar-refractivity contribution in [1.82, 2.24) is 0 Å². The first kappa shape index (κ1) is 18.3. The van der Waals surface area contributed by atoms with Crippen LogP contribution < -0.4 is 0 Å². The van der Waals surface area contributed by atoms with Gasteiger partial charge in [-0.1, -0.05) is 83.7 Å². The predicted octanol–water partition coefficient (Wildman–Crippen LogP) is 6.78. The summed E-state index contributed by atoms with van der Waals surface area (Å²) < 4.78 is 0. The molecule has 0 aliphatic heterocycles. The summed E-state index contributed by atoms with van der Waals surface area (Å²) in [4.78, 5) is 3.17. The van der Waals surface area contributed by atoms with E-state index in [-0.39, 0.29) is 5.54 Å². The Kier molecular flexibility index (Phi) is 11.9. The quantitative estimate of drug-likeness (QED) is 0.153. The van der Waals surface area contributed by atoms with Crippen LogP contribution in [0, 0.1) is 0 Å². The number of hydrogen-bond acceptors (Lipinski definition) is 1. The maximum Gasteiger partial charge on any atom is 0.0488 e. The minimum Gasteiger partial charge on any atom is -0.0873 e. The van der Waals surface area contributed by atoms with Crippen molar-refractivity contribution >= 4 is 0 Å². The van der Waals surface area contributed by atoms with Gasteiger partial charge in [0.25, 0.3) is 0 Å². The van der Waals surface area contributed by atoms with Gasteiger partial charge in [-0.25, -0.2) is 0 Å². The standard InChI is InChI=1S/C16H33N3/c1-4-7-10-13-16(18-19-17,14-11-8-5-2)15-12-9-6-3/h4-15H2,1-3H3. The first-order valence-corrected chi connectivity index (χ1v) is 8.31. The number of hydrogen-bond donors (Lipinski definition) is 0. The minimum atomic E-state index is -0.0890. The predicted molar refractivity (Wildman–Crippen MR) is 84.3 cm³/mol. The molecule has 0 spiro atoms. The Morgan fingerprint density at radius 1 is 0.737 bits per heavy atom. The molecule has 0 saturated carbocycles. The van der Waals surface area contributed by atoms with Crippen molar-refractivity contribution in [3.05, 3.63) is 10.4 Å². The third-order valence-electron chi connectivity index (χ3n) is 3.99. The van der Waals surface area contributed by atoms with Gasteiger partial charge < -0.3 is 0 Å². The Morgan fingerprint density at radius 2 is 1.11 bits per heavy atom. The van der Waals surface area contributed by atoms with Crippen LogP contribution in [0.3, 0.4) is 0 Å². The second kappa shape index (κ2) is 12.3. The van der Waals surface area contributed by atoms with Gasteiger partial charge >= 0.3 is 0 Å². The zero-order chi connectivity index (χ0) is 14.4. The molecule has 19 heavy (non-hydrogen) atoms. The first-order valence-electron chi connectivity index (χ1n) is 8.31. The monoisotopic (exact) mass is 267 g/mol. The third-order valence-corrected chi connectivity index (χ3v) is 3.99. The fraction of sp³-hybridized carbons (Fsp3) is 1.00. The summed E-state index contributed by atoms with van der Waals surface area (Å²) in [5.74, 6) is 0. The summed E-state index contributed by atoms with van der Waals surface area (Å²) >= 11 is 0. The van der Waals surface area contributed by atoms with E-state index in [1.54, 1.807) is 0 Å². The van der Waals surface area contributed by atoms with E-state index in [1.807, 2.05) is 0 Å². The highest BCUT2D eigenvalue weighted by atomic mass is 15.2. The minimum absolute atomic E-state index is 0.0890. The SMILES string of the molecule is CCCCCC(CCCCC)(CCCCC)N=[N+]=[N-]. The molecule has 0 amide bonds. The molecule has 0 fully saturated rings. The van der Waals surface area contributed by atoms with Gasteiger partial charge in [-0.05, 0) is 24.8 Å². The molecule has 0 atom stereocenters. The molecule has 0 aliphatic carbocycles. The third kappa shape index (κ3) is 8.93. The molecule has 0 aromatic rings. The molecular formula is C16H33N3. The zero-order valence-electron chi connectivity index (χ0n) is 13.3. The van der Waals surface area contributed by atoms with Gasteiger partial charge in [-0.3, -0.25) is 0 Å². The van der Waals surface area contributed by atoms with E-state index in [1.165, 1.54) is 57.8 Å². The largest absolute Gasteiger partial charge is 0.0873 e. The fourth-order valence-electron chi connectivity index (χ4n) is 2.73. The van der Waals surface area contributed by atoms with E-state index >= 15 is 0 Å². The van der Waals surface area contributed by atoms with E-state index in [0.29, 0.717) is 0 Å².